The van der Waals surface area contributed by atoms with E-state index in [0.717, 1.165) is 51.1 Å². The second-order valence-corrected chi connectivity index (χ2v) is 11.8. The Hall–Kier alpha value is -1.09. The molecule has 0 saturated carbocycles. The molecule has 3 heterocycles. The van der Waals surface area contributed by atoms with Crippen molar-refractivity contribution in [2.45, 2.75) is 51.0 Å². The molecular weight excluding hydrogens is 406 g/mol. The van der Waals surface area contributed by atoms with Crippen molar-refractivity contribution in [1.29, 1.82) is 0 Å². The van der Waals surface area contributed by atoms with E-state index in [1.807, 2.05) is 11.3 Å². The number of rotatable bonds is 8. The van der Waals surface area contributed by atoms with Gasteiger partial charge in [-0.15, -0.1) is 11.3 Å². The zero-order valence-corrected chi connectivity index (χ0v) is 19.5. The lowest BCUT2D eigenvalue weighted by molar-refractivity contribution is -0.104. The molecule has 0 radical (unpaired) electrons. The number of nitrogens with zero attached hydrogens (tertiary/aromatic N) is 1. The highest BCUT2D eigenvalue weighted by molar-refractivity contribution is 7.90. The molecule has 164 valence electrons. The van der Waals surface area contributed by atoms with E-state index in [1.54, 1.807) is 11.1 Å². The molecule has 2 aliphatic heterocycles. The summed E-state index contributed by atoms with van der Waals surface area (Å²) in [5.74, 6) is 0.650. The third kappa shape index (κ3) is 5.54. The predicted octanol–water partition coefficient (Wildman–Crippen LogP) is 2.56. The van der Waals surface area contributed by atoms with Gasteiger partial charge in [0.25, 0.3) is 0 Å². The average Bonchev–Trinajstić information content (AvgIpc) is 3.13. The number of ether oxygens (including phenoxy) is 1. The Labute approximate surface area is 179 Å². The molecule has 8 heteroatoms. The lowest BCUT2D eigenvalue weighted by Gasteiger charge is -2.45. The molecule has 1 saturated heterocycles. The standard InChI is InChI=1S/C21H35N3O3S2/c1-4-16-15-27-21(19-12-18(5-2)28-20(16)19)6-9-24(10-7-21)14-17(22)13-23-8-11-29(3,25)26/h12-13,16,23H,4-11,14-15,22H2,1-3H3/b17-13-. The number of hydrogen-bond donors (Lipinski definition) is 2. The first-order valence-corrected chi connectivity index (χ1v) is 13.5. The zero-order chi connectivity index (χ0) is 21.1. The number of aryl methyl sites for hydroxylation is 1. The highest BCUT2D eigenvalue weighted by Gasteiger charge is 2.44. The maximum absolute atomic E-state index is 11.2. The van der Waals surface area contributed by atoms with Gasteiger partial charge in [-0.25, -0.2) is 8.42 Å². The minimum atomic E-state index is -2.95. The minimum absolute atomic E-state index is 0.113. The smallest absolute Gasteiger partial charge is 0.149 e. The summed E-state index contributed by atoms with van der Waals surface area (Å²) in [6.45, 7) is 8.29. The van der Waals surface area contributed by atoms with Gasteiger partial charge in [0.2, 0.25) is 0 Å². The summed E-state index contributed by atoms with van der Waals surface area (Å²) in [6.07, 6.45) is 7.18. The van der Waals surface area contributed by atoms with Crippen LogP contribution in [0.15, 0.2) is 18.0 Å². The fourth-order valence-electron chi connectivity index (χ4n) is 4.25. The fraction of sp³-hybridized carbons (Fsp3) is 0.714. The molecule has 1 unspecified atom stereocenters. The second kappa shape index (κ2) is 9.37. The number of hydrogen-bond acceptors (Lipinski definition) is 7. The largest absolute Gasteiger partial charge is 0.400 e. The summed E-state index contributed by atoms with van der Waals surface area (Å²) in [4.78, 5) is 5.38. The quantitative estimate of drug-likeness (QED) is 0.603. The summed E-state index contributed by atoms with van der Waals surface area (Å²) in [7, 11) is -2.95. The van der Waals surface area contributed by atoms with E-state index in [1.165, 1.54) is 16.7 Å². The number of nitrogens with two attached hydrogens (primary N) is 1. The van der Waals surface area contributed by atoms with Crippen LogP contribution in [-0.2, 0) is 26.6 Å². The maximum atomic E-state index is 11.2. The van der Waals surface area contributed by atoms with Gasteiger partial charge in [-0.1, -0.05) is 13.8 Å². The molecule has 0 aliphatic carbocycles. The van der Waals surface area contributed by atoms with E-state index in [-0.39, 0.29) is 11.4 Å². The first-order chi connectivity index (χ1) is 13.8. The van der Waals surface area contributed by atoms with Crippen LogP contribution >= 0.6 is 11.3 Å². The zero-order valence-electron chi connectivity index (χ0n) is 17.9. The molecule has 29 heavy (non-hydrogen) atoms. The number of sulfone groups is 1. The van der Waals surface area contributed by atoms with Gasteiger partial charge < -0.3 is 15.8 Å². The van der Waals surface area contributed by atoms with E-state index in [2.05, 4.69) is 30.1 Å². The van der Waals surface area contributed by atoms with Crippen LogP contribution in [0.3, 0.4) is 0 Å². The Morgan fingerprint density at radius 3 is 2.76 bits per heavy atom. The van der Waals surface area contributed by atoms with Crippen molar-refractivity contribution >= 4 is 21.2 Å². The van der Waals surface area contributed by atoms with Gasteiger partial charge in [-0.05, 0) is 37.3 Å². The van der Waals surface area contributed by atoms with E-state index < -0.39 is 9.84 Å². The minimum Gasteiger partial charge on any atom is -0.400 e. The first-order valence-electron chi connectivity index (χ1n) is 10.6. The van der Waals surface area contributed by atoms with Crippen molar-refractivity contribution in [3.8, 4) is 0 Å². The molecule has 6 nitrogen and oxygen atoms in total. The van der Waals surface area contributed by atoms with Crippen molar-refractivity contribution in [2.24, 2.45) is 5.73 Å². The Morgan fingerprint density at radius 2 is 2.14 bits per heavy atom. The van der Waals surface area contributed by atoms with Gasteiger partial charge in [-0.2, -0.15) is 0 Å². The van der Waals surface area contributed by atoms with Crippen molar-refractivity contribution in [1.82, 2.24) is 10.2 Å². The van der Waals surface area contributed by atoms with Gasteiger partial charge in [0.15, 0.2) is 0 Å². The van der Waals surface area contributed by atoms with E-state index >= 15 is 0 Å². The monoisotopic (exact) mass is 441 g/mol. The predicted molar refractivity (Wildman–Crippen MR) is 120 cm³/mol. The molecule has 2 aliphatic rings. The van der Waals surface area contributed by atoms with Crippen molar-refractivity contribution < 1.29 is 13.2 Å². The lowest BCUT2D eigenvalue weighted by Crippen LogP contribution is -2.47. The molecule has 3 rings (SSSR count). The number of fused-ring (bicyclic) bond motifs is 2. The van der Waals surface area contributed by atoms with Crippen LogP contribution in [0.2, 0.25) is 0 Å². The normalized spacial score (nSPS) is 22.6. The molecule has 0 aromatic carbocycles. The van der Waals surface area contributed by atoms with Gasteiger partial charge in [0.1, 0.15) is 9.84 Å². The van der Waals surface area contributed by atoms with Crippen LogP contribution < -0.4 is 11.1 Å². The van der Waals surface area contributed by atoms with Crippen molar-refractivity contribution in [3.63, 3.8) is 0 Å². The van der Waals surface area contributed by atoms with E-state index in [4.69, 9.17) is 10.5 Å². The summed E-state index contributed by atoms with van der Waals surface area (Å²) >= 11 is 1.99. The summed E-state index contributed by atoms with van der Waals surface area (Å²) in [6, 6.07) is 2.40. The second-order valence-electron chi connectivity index (χ2n) is 8.33. The molecule has 0 bridgehead atoms. The molecule has 1 aromatic heterocycles. The van der Waals surface area contributed by atoms with Gasteiger partial charge in [0.05, 0.1) is 18.0 Å². The van der Waals surface area contributed by atoms with Gasteiger partial charge >= 0.3 is 0 Å². The van der Waals surface area contributed by atoms with Gasteiger partial charge in [0, 0.05) is 60.0 Å². The molecule has 1 spiro atoms. The van der Waals surface area contributed by atoms with Crippen LogP contribution in [0.5, 0.6) is 0 Å². The molecule has 0 amide bonds. The van der Waals surface area contributed by atoms with Crippen molar-refractivity contribution in [3.05, 3.63) is 33.3 Å². The molecule has 3 N–H and O–H groups in total. The Morgan fingerprint density at radius 1 is 1.41 bits per heavy atom. The summed E-state index contributed by atoms with van der Waals surface area (Å²) in [5, 5.41) is 3.01. The highest BCUT2D eigenvalue weighted by atomic mass is 32.2. The molecule has 1 aromatic rings. The van der Waals surface area contributed by atoms with E-state index in [0.29, 0.717) is 19.0 Å². The Kier molecular flexibility index (Phi) is 7.30. The Balaban J connectivity index is 1.58. The van der Waals surface area contributed by atoms with Crippen LogP contribution in [0.1, 0.15) is 54.3 Å². The SMILES string of the molecule is CCc1cc2c(s1)C(CC)COC21CCN(C/C(N)=C/NCCS(C)(=O)=O)CC1. The van der Waals surface area contributed by atoms with Crippen LogP contribution in [0.4, 0.5) is 0 Å². The van der Waals surface area contributed by atoms with Gasteiger partial charge in [-0.3, -0.25) is 4.90 Å². The first kappa shape index (κ1) is 22.6. The third-order valence-corrected chi connectivity index (χ3v) is 8.44. The third-order valence-electron chi connectivity index (χ3n) is 6.05. The number of thiophene rings is 1. The molecule has 1 fully saturated rings. The van der Waals surface area contributed by atoms with Crippen LogP contribution in [0.25, 0.3) is 0 Å². The summed E-state index contributed by atoms with van der Waals surface area (Å²) < 4.78 is 28.9. The Bertz CT molecular complexity index is 824. The number of piperidine rings is 1. The van der Waals surface area contributed by atoms with Crippen LogP contribution in [0, 0.1) is 0 Å². The van der Waals surface area contributed by atoms with Crippen LogP contribution in [-0.4, -0.2) is 58.1 Å². The number of nitrogens with one attached hydrogen (secondary N) is 1. The lowest BCUT2D eigenvalue weighted by atomic mass is 9.79. The fourth-order valence-corrected chi connectivity index (χ4v) is 6.09. The maximum Gasteiger partial charge on any atom is 0.149 e. The van der Waals surface area contributed by atoms with E-state index in [9.17, 15) is 8.42 Å². The van der Waals surface area contributed by atoms with Crippen molar-refractivity contribution in [2.75, 3.05) is 44.8 Å². The molecule has 1 atom stereocenters. The molecular formula is C21H35N3O3S2. The summed E-state index contributed by atoms with van der Waals surface area (Å²) in [5.41, 5.74) is 8.18. The number of likely N-dealkylation sites (tertiary alicyclic amines) is 1. The topological polar surface area (TPSA) is 84.7 Å². The highest BCUT2D eigenvalue weighted by Crippen LogP contribution is 2.48. The average molecular weight is 442 g/mol.